The lowest BCUT2D eigenvalue weighted by molar-refractivity contribution is 0.276. The van der Waals surface area contributed by atoms with Crippen molar-refractivity contribution in [1.29, 1.82) is 0 Å². The van der Waals surface area contributed by atoms with E-state index in [4.69, 9.17) is 25.6 Å². The van der Waals surface area contributed by atoms with E-state index in [9.17, 15) is 4.57 Å². The number of halogens is 1. The van der Waals surface area contributed by atoms with Gasteiger partial charge in [0.15, 0.2) is 0 Å². The number of hydrogen-bond acceptors (Lipinski definition) is 5. The molecule has 3 rings (SSSR count). The molecule has 2 aromatic carbocycles. The fourth-order valence-electron chi connectivity index (χ4n) is 3.84. The highest BCUT2D eigenvalue weighted by Crippen LogP contribution is 2.32. The molecular formula is C27H34ClNO5P+. The molecule has 2 N–H and O–H groups in total. The van der Waals surface area contributed by atoms with Crippen LogP contribution in [0.25, 0.3) is 11.1 Å². The minimum atomic E-state index is -2.53. The van der Waals surface area contributed by atoms with Gasteiger partial charge in [0.05, 0.1) is 19.1 Å². The summed E-state index contributed by atoms with van der Waals surface area (Å²) in [6, 6.07) is 14.4. The molecule has 0 fully saturated rings. The molecule has 8 heteroatoms. The van der Waals surface area contributed by atoms with Crippen LogP contribution in [-0.4, -0.2) is 24.7 Å². The van der Waals surface area contributed by atoms with E-state index in [0.29, 0.717) is 32.0 Å². The summed E-state index contributed by atoms with van der Waals surface area (Å²) in [6.45, 7) is 6.60. The van der Waals surface area contributed by atoms with Gasteiger partial charge >= 0.3 is 8.25 Å². The van der Waals surface area contributed by atoms with Crippen LogP contribution in [0.3, 0.4) is 0 Å². The molecular weight excluding hydrogens is 485 g/mol. The second kappa shape index (κ2) is 14.4. The van der Waals surface area contributed by atoms with Crippen molar-refractivity contribution in [3.63, 3.8) is 0 Å². The zero-order valence-electron chi connectivity index (χ0n) is 20.3. The molecule has 0 saturated carbocycles. The second-order valence-electron chi connectivity index (χ2n) is 8.92. The van der Waals surface area contributed by atoms with E-state index in [2.05, 4.69) is 48.0 Å². The van der Waals surface area contributed by atoms with Crippen LogP contribution in [0.4, 0.5) is 0 Å². The van der Waals surface area contributed by atoms with Crippen LogP contribution >= 0.6 is 19.9 Å². The molecule has 0 aliphatic heterocycles. The smallest absolute Gasteiger partial charge is 0.493 e. The zero-order chi connectivity index (χ0) is 25.0. The van der Waals surface area contributed by atoms with Gasteiger partial charge in [0, 0.05) is 27.3 Å². The van der Waals surface area contributed by atoms with Gasteiger partial charge < -0.3 is 14.5 Å². The largest absolute Gasteiger partial charge is 0.694 e. The molecule has 6 nitrogen and oxygen atoms in total. The third-order valence-electron chi connectivity index (χ3n) is 5.52. The lowest BCUT2D eigenvalue weighted by atomic mass is 10.0. The summed E-state index contributed by atoms with van der Waals surface area (Å²) >= 11 is 6.48. The molecule has 0 aliphatic rings. The van der Waals surface area contributed by atoms with E-state index in [1.807, 2.05) is 18.2 Å². The third kappa shape index (κ3) is 9.40. The predicted molar refractivity (Wildman–Crippen MR) is 140 cm³/mol. The SMILES string of the molecule is CC(C)Cc1ccc(CCCOc2ccc(CNCCCO[P+](=O)O)cc2-c2ccoc2)cc1Cl. The van der Waals surface area contributed by atoms with Gasteiger partial charge in [-0.05, 0) is 79.1 Å². The van der Waals surface area contributed by atoms with Gasteiger partial charge in [0.25, 0.3) is 0 Å². The van der Waals surface area contributed by atoms with Crippen LogP contribution in [0.1, 0.15) is 43.4 Å². The Kier molecular flexibility index (Phi) is 11.2. The third-order valence-corrected chi connectivity index (χ3v) is 6.27. The minimum absolute atomic E-state index is 0.250. The quantitative estimate of drug-likeness (QED) is 0.167. The molecule has 0 saturated heterocycles. The first-order valence-corrected chi connectivity index (χ1v) is 13.5. The monoisotopic (exact) mass is 518 g/mol. The first-order valence-electron chi connectivity index (χ1n) is 12.0. The standard InChI is InChI=1S/C27H33ClNO5P/c1-20(2)15-23-8-6-21(17-26(23)28)5-3-12-33-27-9-7-22(16-25(27)24-10-14-32-19-24)18-29-11-4-13-34-35(30)31/h6-10,14,16-17,19-20,29H,3-5,11-13,15,18H2,1-2H3/p+1. The molecule has 0 bridgehead atoms. The van der Waals surface area contributed by atoms with E-state index in [-0.39, 0.29) is 6.61 Å². The van der Waals surface area contributed by atoms with Crippen molar-refractivity contribution in [3.8, 4) is 16.9 Å². The summed E-state index contributed by atoms with van der Waals surface area (Å²) in [5.74, 6) is 1.40. The number of nitrogens with one attached hydrogen (secondary N) is 1. The van der Waals surface area contributed by atoms with E-state index >= 15 is 0 Å². The van der Waals surface area contributed by atoms with Crippen molar-refractivity contribution in [1.82, 2.24) is 5.32 Å². The number of ether oxygens (including phenoxy) is 1. The second-order valence-corrected chi connectivity index (χ2v) is 10.1. The summed E-state index contributed by atoms with van der Waals surface area (Å²) in [5.41, 5.74) is 5.49. The summed E-state index contributed by atoms with van der Waals surface area (Å²) in [5, 5.41) is 4.17. The van der Waals surface area contributed by atoms with Gasteiger partial charge in [-0.3, -0.25) is 0 Å². The minimum Gasteiger partial charge on any atom is -0.493 e. The maximum Gasteiger partial charge on any atom is 0.694 e. The van der Waals surface area contributed by atoms with Crippen LogP contribution in [0.15, 0.2) is 59.4 Å². The average molecular weight is 519 g/mol. The molecule has 1 heterocycles. The van der Waals surface area contributed by atoms with Crippen molar-refractivity contribution in [2.45, 2.75) is 46.1 Å². The highest BCUT2D eigenvalue weighted by molar-refractivity contribution is 7.32. The zero-order valence-corrected chi connectivity index (χ0v) is 22.0. The summed E-state index contributed by atoms with van der Waals surface area (Å²) in [6.07, 6.45) is 6.80. The highest BCUT2D eigenvalue weighted by Gasteiger charge is 2.12. The lowest BCUT2D eigenvalue weighted by Gasteiger charge is -2.13. The molecule has 188 valence electrons. The Hall–Kier alpha value is -2.21. The molecule has 1 aromatic heterocycles. The van der Waals surface area contributed by atoms with Gasteiger partial charge in [-0.25, -0.2) is 0 Å². The maximum absolute atomic E-state index is 10.5. The Balaban J connectivity index is 1.53. The highest BCUT2D eigenvalue weighted by atomic mass is 35.5. The average Bonchev–Trinajstić information content (AvgIpc) is 3.35. The van der Waals surface area contributed by atoms with Crippen molar-refractivity contribution in [2.24, 2.45) is 5.92 Å². The summed E-state index contributed by atoms with van der Waals surface area (Å²) in [7, 11) is -2.53. The maximum atomic E-state index is 10.5. The Morgan fingerprint density at radius 2 is 1.91 bits per heavy atom. The number of aryl methyl sites for hydroxylation is 1. The topological polar surface area (TPSA) is 80.9 Å². The number of rotatable bonds is 15. The van der Waals surface area contributed by atoms with Gasteiger partial charge in [-0.1, -0.05) is 43.6 Å². The van der Waals surface area contributed by atoms with Crippen LogP contribution in [0.5, 0.6) is 5.75 Å². The Morgan fingerprint density at radius 1 is 1.09 bits per heavy atom. The normalized spacial score (nSPS) is 11.7. The summed E-state index contributed by atoms with van der Waals surface area (Å²) < 4.78 is 26.7. The molecule has 1 unspecified atom stereocenters. The van der Waals surface area contributed by atoms with E-state index < -0.39 is 8.25 Å². The molecule has 0 spiro atoms. The van der Waals surface area contributed by atoms with Crippen molar-refractivity contribution in [2.75, 3.05) is 19.8 Å². The van der Waals surface area contributed by atoms with Gasteiger partial charge in [0.2, 0.25) is 0 Å². The summed E-state index contributed by atoms with van der Waals surface area (Å²) in [4.78, 5) is 8.66. The molecule has 0 aliphatic carbocycles. The lowest BCUT2D eigenvalue weighted by Crippen LogP contribution is -2.16. The Morgan fingerprint density at radius 3 is 2.63 bits per heavy atom. The van der Waals surface area contributed by atoms with Crippen LogP contribution < -0.4 is 10.1 Å². The van der Waals surface area contributed by atoms with Crippen LogP contribution in [0, 0.1) is 5.92 Å². The van der Waals surface area contributed by atoms with Crippen molar-refractivity contribution < 1.29 is 23.1 Å². The number of furan rings is 1. The van der Waals surface area contributed by atoms with E-state index in [0.717, 1.165) is 46.7 Å². The van der Waals surface area contributed by atoms with Crippen LogP contribution in [-0.2, 0) is 28.5 Å². The van der Waals surface area contributed by atoms with Crippen molar-refractivity contribution in [3.05, 3.63) is 76.7 Å². The van der Waals surface area contributed by atoms with Gasteiger partial charge in [-0.15, -0.1) is 9.42 Å². The Labute approximate surface area is 213 Å². The number of benzene rings is 2. The van der Waals surface area contributed by atoms with Gasteiger partial charge in [0.1, 0.15) is 12.4 Å². The first-order chi connectivity index (χ1) is 16.9. The molecule has 0 radical (unpaired) electrons. The van der Waals surface area contributed by atoms with Crippen molar-refractivity contribution >= 4 is 19.9 Å². The van der Waals surface area contributed by atoms with Crippen LogP contribution in [0.2, 0.25) is 5.02 Å². The number of hydrogen-bond donors (Lipinski definition) is 2. The first kappa shape index (κ1) is 27.4. The Bertz CT molecular complexity index is 1070. The van der Waals surface area contributed by atoms with E-state index in [1.165, 1.54) is 11.1 Å². The van der Waals surface area contributed by atoms with Gasteiger partial charge in [-0.2, -0.15) is 0 Å². The molecule has 35 heavy (non-hydrogen) atoms. The van der Waals surface area contributed by atoms with E-state index in [1.54, 1.807) is 12.5 Å². The molecule has 1 atom stereocenters. The molecule has 0 amide bonds. The predicted octanol–water partition coefficient (Wildman–Crippen LogP) is 6.96. The fraction of sp³-hybridized carbons (Fsp3) is 0.407. The fourth-order valence-corrected chi connectivity index (χ4v) is 4.40. The molecule has 3 aromatic rings.